The Balaban J connectivity index is 2.09. The Bertz CT molecular complexity index is 339. The van der Waals surface area contributed by atoms with Crippen LogP contribution in [0.3, 0.4) is 0 Å². The highest BCUT2D eigenvalue weighted by molar-refractivity contribution is 5.30. The van der Waals surface area contributed by atoms with Gasteiger partial charge in [0.1, 0.15) is 5.75 Å². The molecule has 1 aromatic rings. The van der Waals surface area contributed by atoms with Gasteiger partial charge in [-0.05, 0) is 55.7 Å². The molecule has 0 spiro atoms. The van der Waals surface area contributed by atoms with Gasteiger partial charge in [-0.2, -0.15) is 0 Å². The molecule has 1 atom stereocenters. The van der Waals surface area contributed by atoms with Crippen LogP contribution in [-0.2, 0) is 0 Å². The van der Waals surface area contributed by atoms with Crippen LogP contribution in [0.25, 0.3) is 0 Å². The van der Waals surface area contributed by atoms with E-state index in [0.29, 0.717) is 12.5 Å². The molecule has 1 aromatic carbocycles. The lowest BCUT2D eigenvalue weighted by Crippen LogP contribution is -2.11. The zero-order valence-electron chi connectivity index (χ0n) is 11.3. The molecule has 1 saturated carbocycles. The first-order valence-corrected chi connectivity index (χ1v) is 7.18. The van der Waals surface area contributed by atoms with Crippen LogP contribution in [0.1, 0.15) is 50.5 Å². The molecule has 0 aromatic heterocycles. The number of benzene rings is 1. The molecule has 18 heavy (non-hydrogen) atoms. The summed E-state index contributed by atoms with van der Waals surface area (Å²) in [7, 11) is 0. The van der Waals surface area contributed by atoms with Gasteiger partial charge in [-0.25, -0.2) is 0 Å². The van der Waals surface area contributed by atoms with Crippen LogP contribution in [0.2, 0.25) is 0 Å². The fraction of sp³-hybridized carbons (Fsp3) is 0.625. The summed E-state index contributed by atoms with van der Waals surface area (Å²) < 4.78 is 5.48. The summed E-state index contributed by atoms with van der Waals surface area (Å²) in [5.41, 5.74) is 1.36. The molecular formula is C16H24O2. The number of hydrogen-bond acceptors (Lipinski definition) is 2. The Morgan fingerprint density at radius 1 is 1.22 bits per heavy atom. The monoisotopic (exact) mass is 248 g/mol. The standard InChI is InChI=1S/C16H24O2/c1-2-18-15-9-7-14(8-10-15)16(11-12-17)13-5-3-4-6-13/h7-10,13,16-17H,2-6,11-12H2,1H3. The SMILES string of the molecule is CCOc1ccc(C(CCO)C2CCCC2)cc1. The first kappa shape index (κ1) is 13.4. The Morgan fingerprint density at radius 2 is 1.89 bits per heavy atom. The summed E-state index contributed by atoms with van der Waals surface area (Å²) in [6.07, 6.45) is 6.22. The minimum Gasteiger partial charge on any atom is -0.494 e. The van der Waals surface area contributed by atoms with Crippen molar-refractivity contribution in [3.63, 3.8) is 0 Å². The highest BCUT2D eigenvalue weighted by Gasteiger charge is 2.25. The fourth-order valence-corrected chi connectivity index (χ4v) is 3.15. The van der Waals surface area contributed by atoms with Gasteiger partial charge >= 0.3 is 0 Å². The molecule has 1 fully saturated rings. The van der Waals surface area contributed by atoms with Crippen molar-refractivity contribution >= 4 is 0 Å². The molecular weight excluding hydrogens is 224 g/mol. The van der Waals surface area contributed by atoms with Crippen molar-refractivity contribution < 1.29 is 9.84 Å². The van der Waals surface area contributed by atoms with Crippen LogP contribution < -0.4 is 4.74 Å². The van der Waals surface area contributed by atoms with Crippen molar-refractivity contribution in [3.05, 3.63) is 29.8 Å². The second kappa shape index (κ2) is 6.79. The zero-order chi connectivity index (χ0) is 12.8. The Morgan fingerprint density at radius 3 is 2.44 bits per heavy atom. The summed E-state index contributed by atoms with van der Waals surface area (Å²) in [6, 6.07) is 8.45. The van der Waals surface area contributed by atoms with Gasteiger partial charge in [0.25, 0.3) is 0 Å². The average Bonchev–Trinajstić information content (AvgIpc) is 2.91. The third-order valence-electron chi connectivity index (χ3n) is 4.03. The molecule has 0 radical (unpaired) electrons. The van der Waals surface area contributed by atoms with Crippen molar-refractivity contribution in [3.8, 4) is 5.75 Å². The maximum Gasteiger partial charge on any atom is 0.119 e. The van der Waals surface area contributed by atoms with Gasteiger partial charge in [0.2, 0.25) is 0 Å². The normalized spacial score (nSPS) is 17.9. The minimum atomic E-state index is 0.286. The predicted molar refractivity (Wildman–Crippen MR) is 74.0 cm³/mol. The van der Waals surface area contributed by atoms with Crippen LogP contribution in [0.5, 0.6) is 5.75 Å². The third-order valence-corrected chi connectivity index (χ3v) is 4.03. The lowest BCUT2D eigenvalue weighted by Gasteiger charge is -2.23. The van der Waals surface area contributed by atoms with Crippen molar-refractivity contribution in [1.29, 1.82) is 0 Å². The smallest absolute Gasteiger partial charge is 0.119 e. The molecule has 0 amide bonds. The molecule has 0 saturated heterocycles. The molecule has 1 unspecified atom stereocenters. The van der Waals surface area contributed by atoms with Crippen LogP contribution in [0.4, 0.5) is 0 Å². The van der Waals surface area contributed by atoms with E-state index in [1.54, 1.807) is 0 Å². The molecule has 2 heteroatoms. The highest BCUT2D eigenvalue weighted by Crippen LogP contribution is 2.39. The summed E-state index contributed by atoms with van der Waals surface area (Å²) in [5, 5.41) is 9.27. The van der Waals surface area contributed by atoms with Crippen molar-refractivity contribution in [2.75, 3.05) is 13.2 Å². The largest absolute Gasteiger partial charge is 0.494 e. The Kier molecular flexibility index (Phi) is 5.06. The molecule has 0 aliphatic heterocycles. The molecule has 1 aliphatic rings. The van der Waals surface area contributed by atoms with E-state index in [2.05, 4.69) is 24.3 Å². The number of aliphatic hydroxyl groups excluding tert-OH is 1. The molecule has 2 nitrogen and oxygen atoms in total. The van der Waals surface area contributed by atoms with Gasteiger partial charge in [0, 0.05) is 6.61 Å². The number of hydrogen-bond donors (Lipinski definition) is 1. The first-order chi connectivity index (χ1) is 8.85. The summed E-state index contributed by atoms with van der Waals surface area (Å²) in [4.78, 5) is 0. The van der Waals surface area contributed by atoms with E-state index < -0.39 is 0 Å². The van der Waals surface area contributed by atoms with Gasteiger partial charge in [-0.1, -0.05) is 25.0 Å². The summed E-state index contributed by atoms with van der Waals surface area (Å²) in [6.45, 7) is 3.00. The first-order valence-electron chi connectivity index (χ1n) is 7.18. The number of rotatable bonds is 6. The summed E-state index contributed by atoms with van der Waals surface area (Å²) in [5.74, 6) is 2.22. The van der Waals surface area contributed by atoms with E-state index in [4.69, 9.17) is 4.74 Å². The molecule has 100 valence electrons. The van der Waals surface area contributed by atoms with Crippen molar-refractivity contribution in [2.24, 2.45) is 5.92 Å². The number of aliphatic hydroxyl groups is 1. The van der Waals surface area contributed by atoms with Gasteiger partial charge in [0.05, 0.1) is 6.61 Å². The van der Waals surface area contributed by atoms with E-state index in [-0.39, 0.29) is 6.61 Å². The highest BCUT2D eigenvalue weighted by atomic mass is 16.5. The van der Waals surface area contributed by atoms with E-state index in [0.717, 1.165) is 18.1 Å². The fourth-order valence-electron chi connectivity index (χ4n) is 3.15. The third kappa shape index (κ3) is 3.26. The van der Waals surface area contributed by atoms with E-state index >= 15 is 0 Å². The lowest BCUT2D eigenvalue weighted by atomic mass is 9.83. The average molecular weight is 248 g/mol. The van der Waals surface area contributed by atoms with Crippen LogP contribution >= 0.6 is 0 Å². The molecule has 0 heterocycles. The molecule has 2 rings (SSSR count). The van der Waals surface area contributed by atoms with E-state index in [1.165, 1.54) is 31.2 Å². The van der Waals surface area contributed by atoms with E-state index in [9.17, 15) is 5.11 Å². The van der Waals surface area contributed by atoms with Crippen LogP contribution in [-0.4, -0.2) is 18.3 Å². The predicted octanol–water partition coefficient (Wildman–Crippen LogP) is 3.74. The Hall–Kier alpha value is -1.02. The maximum absolute atomic E-state index is 9.27. The zero-order valence-corrected chi connectivity index (χ0v) is 11.3. The summed E-state index contributed by atoms with van der Waals surface area (Å²) >= 11 is 0. The van der Waals surface area contributed by atoms with Gasteiger partial charge in [-0.3, -0.25) is 0 Å². The molecule has 0 bridgehead atoms. The van der Waals surface area contributed by atoms with Crippen LogP contribution in [0, 0.1) is 5.92 Å². The van der Waals surface area contributed by atoms with Gasteiger partial charge < -0.3 is 9.84 Å². The van der Waals surface area contributed by atoms with E-state index in [1.807, 2.05) is 6.92 Å². The quantitative estimate of drug-likeness (QED) is 0.831. The molecule has 1 N–H and O–H groups in total. The molecule has 1 aliphatic carbocycles. The second-order valence-electron chi connectivity index (χ2n) is 5.17. The van der Waals surface area contributed by atoms with Gasteiger partial charge in [-0.15, -0.1) is 0 Å². The van der Waals surface area contributed by atoms with Crippen molar-refractivity contribution in [1.82, 2.24) is 0 Å². The second-order valence-corrected chi connectivity index (χ2v) is 5.17. The van der Waals surface area contributed by atoms with Crippen molar-refractivity contribution in [2.45, 2.75) is 44.9 Å². The number of ether oxygens (including phenoxy) is 1. The van der Waals surface area contributed by atoms with Gasteiger partial charge in [0.15, 0.2) is 0 Å². The Labute approximate surface area is 110 Å². The topological polar surface area (TPSA) is 29.5 Å². The lowest BCUT2D eigenvalue weighted by molar-refractivity contribution is 0.254. The van der Waals surface area contributed by atoms with Crippen LogP contribution in [0.15, 0.2) is 24.3 Å². The minimum absolute atomic E-state index is 0.286. The maximum atomic E-state index is 9.27.